The van der Waals surface area contributed by atoms with Crippen molar-refractivity contribution in [2.45, 2.75) is 19.3 Å². The van der Waals surface area contributed by atoms with Gasteiger partial charge in [0.15, 0.2) is 5.82 Å². The third kappa shape index (κ3) is 3.43. The van der Waals surface area contributed by atoms with Crippen LogP contribution in [0, 0.1) is 6.85 Å². The average Bonchev–Trinajstić information content (AvgIpc) is 2.99. The number of aryl methyl sites for hydroxylation is 1. The summed E-state index contributed by atoms with van der Waals surface area (Å²) in [6.45, 7) is -5.07. The predicted molar refractivity (Wildman–Crippen MR) is 75.7 cm³/mol. The van der Waals surface area contributed by atoms with Gasteiger partial charge in [-0.1, -0.05) is 29.3 Å². The number of nitrogens with zero attached hydrogens (tertiary/aromatic N) is 4. The SMILES string of the molecule is [2H]C([2H])([2H])NCCC([2H])(c1ccc(Cl)c(Cl)c1)n1nnc(C([2H])([2H])[2H])n1. The van der Waals surface area contributed by atoms with Crippen LogP contribution in [0.15, 0.2) is 18.2 Å². The molecule has 0 saturated carbocycles. The molecule has 0 spiro atoms. The van der Waals surface area contributed by atoms with Crippen LogP contribution in [0.5, 0.6) is 0 Å². The highest BCUT2D eigenvalue weighted by Crippen LogP contribution is 2.28. The molecule has 0 bridgehead atoms. The summed E-state index contributed by atoms with van der Waals surface area (Å²) in [5.41, 5.74) is 0.300. The van der Waals surface area contributed by atoms with Crippen molar-refractivity contribution in [3.05, 3.63) is 39.6 Å². The topological polar surface area (TPSA) is 55.6 Å². The van der Waals surface area contributed by atoms with Crippen LogP contribution < -0.4 is 5.32 Å². The summed E-state index contributed by atoms with van der Waals surface area (Å²) < 4.78 is 52.4. The number of aromatic nitrogens is 4. The maximum absolute atomic E-state index is 8.78. The van der Waals surface area contributed by atoms with Crippen LogP contribution in [-0.4, -0.2) is 33.7 Å². The fourth-order valence-corrected chi connectivity index (χ4v) is 1.84. The van der Waals surface area contributed by atoms with Gasteiger partial charge in [0.2, 0.25) is 0 Å². The van der Waals surface area contributed by atoms with E-state index in [0.29, 0.717) is 5.56 Å². The Balaban J connectivity index is 2.43. The molecule has 0 saturated heterocycles. The van der Waals surface area contributed by atoms with Gasteiger partial charge in [-0.3, -0.25) is 0 Å². The lowest BCUT2D eigenvalue weighted by molar-refractivity contribution is 0.421. The summed E-state index contributed by atoms with van der Waals surface area (Å²) in [4.78, 5) is 0.829. The molecule has 0 aliphatic rings. The molecule has 2 aromatic rings. The molecule has 1 N–H and O–H groups in total. The molecule has 2 rings (SSSR count). The van der Waals surface area contributed by atoms with Gasteiger partial charge in [0.25, 0.3) is 0 Å². The second-order valence-corrected chi connectivity index (χ2v) is 4.47. The molecule has 0 aliphatic carbocycles. The lowest BCUT2D eigenvalue weighted by Gasteiger charge is -2.16. The van der Waals surface area contributed by atoms with E-state index in [1.165, 1.54) is 18.2 Å². The fourth-order valence-electron chi connectivity index (χ4n) is 1.55. The third-order valence-corrected chi connectivity index (χ3v) is 3.13. The minimum Gasteiger partial charge on any atom is -0.320 e. The van der Waals surface area contributed by atoms with Crippen molar-refractivity contribution in [3.8, 4) is 0 Å². The third-order valence-electron chi connectivity index (χ3n) is 2.39. The number of nitrogens with one attached hydrogen (secondary N) is 1. The summed E-state index contributed by atoms with van der Waals surface area (Å²) in [5, 5.41) is 13.7. The smallest absolute Gasteiger partial charge is 0.171 e. The number of benzene rings is 1. The number of tetrazole rings is 1. The number of hydrogen-bond donors (Lipinski definition) is 1. The van der Waals surface area contributed by atoms with Crippen molar-refractivity contribution >= 4 is 23.2 Å². The van der Waals surface area contributed by atoms with Gasteiger partial charge in [-0.2, -0.15) is 4.80 Å². The van der Waals surface area contributed by atoms with Gasteiger partial charge in [-0.15, -0.1) is 10.2 Å². The van der Waals surface area contributed by atoms with Crippen LogP contribution in [0.1, 0.15) is 33.4 Å². The van der Waals surface area contributed by atoms with E-state index in [9.17, 15) is 0 Å². The first kappa shape index (κ1) is 7.57. The van der Waals surface area contributed by atoms with Crippen molar-refractivity contribution in [2.24, 2.45) is 0 Å². The van der Waals surface area contributed by atoms with Crippen LogP contribution in [0.4, 0.5) is 0 Å². The monoisotopic (exact) mass is 306 g/mol. The first-order valence-electron chi connectivity index (χ1n) is 8.84. The summed E-state index contributed by atoms with van der Waals surface area (Å²) in [5.74, 6) is -0.516. The van der Waals surface area contributed by atoms with E-state index in [1.54, 1.807) is 0 Å². The number of halogens is 2. The highest BCUT2D eigenvalue weighted by atomic mass is 35.5. The average molecular weight is 307 g/mol. The van der Waals surface area contributed by atoms with Gasteiger partial charge >= 0.3 is 0 Å². The lowest BCUT2D eigenvalue weighted by atomic mass is 10.0. The van der Waals surface area contributed by atoms with E-state index in [-0.39, 0.29) is 23.0 Å². The maximum atomic E-state index is 8.78. The fraction of sp³-hybridized carbons (Fsp3) is 0.417. The lowest BCUT2D eigenvalue weighted by Crippen LogP contribution is -2.20. The Morgan fingerprint density at radius 2 is 2.37 bits per heavy atom. The summed E-state index contributed by atoms with van der Waals surface area (Å²) in [6.07, 6.45) is -0.0971. The second-order valence-electron chi connectivity index (χ2n) is 3.65. The second kappa shape index (κ2) is 6.32. The Kier molecular flexibility index (Phi) is 2.52. The van der Waals surface area contributed by atoms with Crippen molar-refractivity contribution in [3.63, 3.8) is 0 Å². The number of hydrogen-bond acceptors (Lipinski definition) is 4. The standard InChI is InChI=1S/C12H15Cl2N5/c1-8-16-18-19(17-8)12(5-6-15-2)9-3-4-10(13)11(14)7-9/h3-4,7,12,15H,5-6H2,1-2H3/i1D3,2D3,12D. The van der Waals surface area contributed by atoms with Crippen molar-refractivity contribution in [1.29, 1.82) is 0 Å². The number of rotatable bonds is 5. The van der Waals surface area contributed by atoms with Crippen LogP contribution in [0.2, 0.25) is 10.0 Å². The Morgan fingerprint density at radius 1 is 1.47 bits per heavy atom. The molecule has 7 heteroatoms. The van der Waals surface area contributed by atoms with E-state index < -0.39 is 25.7 Å². The van der Waals surface area contributed by atoms with Gasteiger partial charge in [0, 0.05) is 8.22 Å². The molecule has 0 aliphatic heterocycles. The molecule has 1 atom stereocenters. The zero-order valence-corrected chi connectivity index (χ0v) is 11.2. The zero-order valence-electron chi connectivity index (χ0n) is 16.7. The molecule has 19 heavy (non-hydrogen) atoms. The normalized spacial score (nSPS) is 21.1. The van der Waals surface area contributed by atoms with Gasteiger partial charge in [0.1, 0.15) is 0 Å². The molecule has 1 unspecified atom stereocenters. The molecular formula is C12H15Cl2N5. The van der Waals surface area contributed by atoms with E-state index in [4.69, 9.17) is 32.8 Å². The molecule has 0 fully saturated rings. The van der Waals surface area contributed by atoms with Crippen molar-refractivity contribution in [2.75, 3.05) is 13.5 Å². The summed E-state index contributed by atoms with van der Waals surface area (Å²) in [7, 11) is 0. The Hall–Kier alpha value is -1.17. The highest BCUT2D eigenvalue weighted by molar-refractivity contribution is 6.42. The van der Waals surface area contributed by atoms with Gasteiger partial charge in [0.05, 0.1) is 17.4 Å². The minimum atomic E-state index is -2.59. The Bertz CT molecular complexity index is 776. The van der Waals surface area contributed by atoms with Crippen molar-refractivity contribution < 1.29 is 9.60 Å². The van der Waals surface area contributed by atoms with E-state index in [2.05, 4.69) is 20.7 Å². The quantitative estimate of drug-likeness (QED) is 0.922. The van der Waals surface area contributed by atoms with Crippen LogP contribution in [-0.2, 0) is 0 Å². The van der Waals surface area contributed by atoms with Crippen molar-refractivity contribution in [1.82, 2.24) is 25.5 Å². The van der Waals surface area contributed by atoms with Crippen LogP contribution in [0.3, 0.4) is 0 Å². The first-order chi connectivity index (χ1) is 11.8. The van der Waals surface area contributed by atoms with E-state index in [1.807, 2.05) is 0 Å². The van der Waals surface area contributed by atoms with Gasteiger partial charge in [-0.25, -0.2) is 0 Å². The molecule has 5 nitrogen and oxygen atoms in total. The molecule has 1 aromatic heterocycles. The Labute approximate surface area is 131 Å². The molecule has 0 radical (unpaired) electrons. The van der Waals surface area contributed by atoms with Gasteiger partial charge in [-0.05, 0) is 49.7 Å². The highest BCUT2D eigenvalue weighted by Gasteiger charge is 2.17. The predicted octanol–water partition coefficient (Wildman–Crippen LogP) is 2.49. The molecule has 0 amide bonds. The first-order valence-corrected chi connectivity index (χ1v) is 6.10. The minimum absolute atomic E-state index is 0.0924. The summed E-state index contributed by atoms with van der Waals surface area (Å²) >= 11 is 11.9. The van der Waals surface area contributed by atoms with E-state index >= 15 is 0 Å². The zero-order chi connectivity index (χ0) is 19.8. The molecule has 1 heterocycles. The summed E-state index contributed by atoms with van der Waals surface area (Å²) in [6, 6.07) is 2.66. The Morgan fingerprint density at radius 3 is 3.05 bits per heavy atom. The largest absolute Gasteiger partial charge is 0.320 e. The maximum Gasteiger partial charge on any atom is 0.171 e. The van der Waals surface area contributed by atoms with Crippen LogP contribution >= 0.6 is 23.2 Å². The van der Waals surface area contributed by atoms with E-state index in [0.717, 1.165) is 4.80 Å². The molecule has 102 valence electrons. The van der Waals surface area contributed by atoms with Crippen LogP contribution in [0.25, 0.3) is 0 Å². The molecule has 1 aromatic carbocycles. The molecular weight excluding hydrogens is 285 g/mol. The van der Waals surface area contributed by atoms with Gasteiger partial charge < -0.3 is 5.32 Å².